The second kappa shape index (κ2) is 22.0. The Kier molecular flexibility index (Phi) is 16.7. The average molecular weight is 1040 g/mol. The zero-order valence-corrected chi connectivity index (χ0v) is 42.9. The van der Waals surface area contributed by atoms with Crippen molar-refractivity contribution in [3.8, 4) is 34.0 Å². The number of hydrogen-bond donors (Lipinski definition) is 4. The molecule has 4 aromatic heterocycles. The number of nitrogens with two attached hydrogens (primary N) is 2. The van der Waals surface area contributed by atoms with Gasteiger partial charge in [0, 0.05) is 81.8 Å². The second-order valence-corrected chi connectivity index (χ2v) is 20.5. The molecule has 0 saturated carbocycles. The minimum absolute atomic E-state index is 0.159. The quantitative estimate of drug-likeness (QED) is 0.0956. The molecule has 0 aliphatic carbocycles. The van der Waals surface area contributed by atoms with Gasteiger partial charge < -0.3 is 39.5 Å². The third-order valence-electron chi connectivity index (χ3n) is 11.9. The highest BCUT2D eigenvalue weighted by Crippen LogP contribution is 2.39. The van der Waals surface area contributed by atoms with Crippen molar-refractivity contribution in [1.82, 2.24) is 34.3 Å². The number of halogens is 2. The number of nitrogens with one attached hydrogen (secondary N) is 2. The van der Waals surface area contributed by atoms with Crippen molar-refractivity contribution in [3.05, 3.63) is 107 Å². The van der Waals surface area contributed by atoms with Gasteiger partial charge in [-0.15, -0.1) is 0 Å². The number of primary sulfonamides is 1. The van der Waals surface area contributed by atoms with Crippen LogP contribution in [0.5, 0.6) is 11.8 Å². The van der Waals surface area contributed by atoms with Gasteiger partial charge in [-0.1, -0.05) is 27.7 Å². The molecule has 2 aliphatic rings. The maximum absolute atomic E-state index is 14.6. The van der Waals surface area contributed by atoms with Crippen molar-refractivity contribution in [3.63, 3.8) is 0 Å². The fourth-order valence-electron chi connectivity index (χ4n) is 7.82. The van der Waals surface area contributed by atoms with Crippen molar-refractivity contribution in [1.29, 1.82) is 0 Å². The van der Waals surface area contributed by atoms with Crippen molar-refractivity contribution in [2.75, 3.05) is 65.9 Å². The SMILES string of the molecule is COC1(c2cc(S(N)(=O)=O)nn2C)COC1.COc1cc(-c2cc(F)cc(C(C)C)c2N)ccn1.COc1cc(-c2cc(F)cc(C(C)C)c2NC(=O)NS(=O)(=O)c2cc(C3(OC)COC3)n(C)n2)ccn1. The molecular formula is C47H58F2N10O11S2. The van der Waals surface area contributed by atoms with Crippen LogP contribution in [0.3, 0.4) is 0 Å². The number of amides is 2. The van der Waals surface area contributed by atoms with Crippen LogP contribution in [0.15, 0.2) is 83.1 Å². The van der Waals surface area contributed by atoms with Crippen LogP contribution in [0.1, 0.15) is 62.0 Å². The maximum Gasteiger partial charge on any atom is 0.333 e. The molecule has 2 amide bonds. The summed E-state index contributed by atoms with van der Waals surface area (Å²) in [4.78, 5) is 21.1. The molecule has 8 rings (SSSR count). The number of benzene rings is 2. The molecule has 0 atom stereocenters. The molecule has 2 aromatic carbocycles. The third kappa shape index (κ3) is 11.8. The highest BCUT2D eigenvalue weighted by molar-refractivity contribution is 7.90. The van der Waals surface area contributed by atoms with E-state index < -0.39 is 43.1 Å². The lowest BCUT2D eigenvalue weighted by Gasteiger charge is -2.39. The molecule has 2 fully saturated rings. The summed E-state index contributed by atoms with van der Waals surface area (Å²) in [6, 6.07) is 14.0. The number of nitrogen functional groups attached to an aromatic ring is 1. The molecule has 2 saturated heterocycles. The zero-order chi connectivity index (χ0) is 52.9. The number of urea groups is 1. The predicted molar refractivity (Wildman–Crippen MR) is 261 cm³/mol. The monoisotopic (exact) mass is 1040 g/mol. The molecule has 0 unspecified atom stereocenters. The number of carbonyl (C=O) groups is 1. The topological polar surface area (TPSA) is 278 Å². The molecule has 0 radical (unpaired) electrons. The summed E-state index contributed by atoms with van der Waals surface area (Å²) in [5, 5.41) is 15.0. The van der Waals surface area contributed by atoms with Gasteiger partial charge in [-0.3, -0.25) is 9.36 Å². The number of methoxy groups -OCH3 is 4. The van der Waals surface area contributed by atoms with Gasteiger partial charge in [0.25, 0.3) is 20.0 Å². The summed E-state index contributed by atoms with van der Waals surface area (Å²) in [7, 11) is 1.12. The maximum atomic E-state index is 14.6. The second-order valence-electron chi connectivity index (χ2n) is 17.3. The van der Waals surface area contributed by atoms with E-state index in [1.807, 2.05) is 32.4 Å². The van der Waals surface area contributed by atoms with E-state index in [4.69, 9.17) is 39.3 Å². The van der Waals surface area contributed by atoms with Crippen LogP contribution in [-0.4, -0.2) is 107 Å². The molecule has 25 heteroatoms. The summed E-state index contributed by atoms with van der Waals surface area (Å²) in [6.07, 6.45) is 3.11. The first kappa shape index (κ1) is 54.7. The van der Waals surface area contributed by atoms with E-state index in [1.54, 1.807) is 58.8 Å². The normalized spacial score (nSPS) is 14.8. The minimum Gasteiger partial charge on any atom is -0.481 e. The molecule has 6 N–H and O–H groups in total. The van der Waals surface area contributed by atoms with Crippen LogP contribution in [0.25, 0.3) is 22.3 Å². The molecule has 388 valence electrons. The van der Waals surface area contributed by atoms with Crippen molar-refractivity contribution >= 4 is 37.5 Å². The number of aryl methyl sites for hydroxylation is 2. The Hall–Kier alpha value is -6.61. The van der Waals surface area contributed by atoms with Crippen LogP contribution in [0.2, 0.25) is 0 Å². The number of sulfonamides is 2. The van der Waals surface area contributed by atoms with Crippen molar-refractivity contribution in [2.45, 2.75) is 60.8 Å². The highest BCUT2D eigenvalue weighted by Gasteiger charge is 2.45. The fraction of sp³-hybridized carbons (Fsp3) is 0.383. The molecule has 21 nitrogen and oxygen atoms in total. The Labute approximate surface area is 416 Å². The molecule has 72 heavy (non-hydrogen) atoms. The predicted octanol–water partition coefficient (Wildman–Crippen LogP) is 5.68. The highest BCUT2D eigenvalue weighted by atomic mass is 32.2. The molecule has 0 spiro atoms. The van der Waals surface area contributed by atoms with Gasteiger partial charge in [0.1, 0.15) is 11.6 Å². The van der Waals surface area contributed by atoms with Gasteiger partial charge in [0.15, 0.2) is 21.3 Å². The summed E-state index contributed by atoms with van der Waals surface area (Å²) in [6.45, 7) is 8.90. The van der Waals surface area contributed by atoms with Gasteiger partial charge in [-0.05, 0) is 70.5 Å². The molecule has 6 heterocycles. The van der Waals surface area contributed by atoms with E-state index in [0.29, 0.717) is 64.3 Å². The van der Waals surface area contributed by atoms with E-state index in [0.717, 1.165) is 11.1 Å². The smallest absolute Gasteiger partial charge is 0.333 e. The zero-order valence-electron chi connectivity index (χ0n) is 41.3. The number of nitrogens with zero attached hydrogens (tertiary/aromatic N) is 6. The summed E-state index contributed by atoms with van der Waals surface area (Å²) >= 11 is 0. The van der Waals surface area contributed by atoms with Crippen molar-refractivity contribution < 1.29 is 58.8 Å². The minimum atomic E-state index is -4.36. The summed E-state index contributed by atoms with van der Waals surface area (Å²) in [5.41, 5.74) is 10.3. The number of hydrogen-bond acceptors (Lipinski definition) is 16. The fourth-order valence-corrected chi connectivity index (χ4v) is 9.23. The van der Waals surface area contributed by atoms with E-state index in [9.17, 15) is 30.4 Å². The van der Waals surface area contributed by atoms with Crippen LogP contribution < -0.4 is 30.4 Å². The lowest BCUT2D eigenvalue weighted by molar-refractivity contribution is -0.206. The van der Waals surface area contributed by atoms with E-state index in [2.05, 4.69) is 25.5 Å². The first-order valence-corrected chi connectivity index (χ1v) is 25.1. The van der Waals surface area contributed by atoms with Gasteiger partial charge in [0.05, 0.1) is 57.7 Å². The Balaban J connectivity index is 0.000000201. The van der Waals surface area contributed by atoms with Crippen LogP contribution in [0.4, 0.5) is 25.0 Å². The van der Waals surface area contributed by atoms with Gasteiger partial charge in [0.2, 0.25) is 11.8 Å². The number of aromatic nitrogens is 6. The Morgan fingerprint density at radius 2 is 1.14 bits per heavy atom. The number of carbonyl (C=O) groups excluding carboxylic acids is 1. The van der Waals surface area contributed by atoms with E-state index in [1.165, 1.54) is 66.2 Å². The number of ether oxygens (including phenoxy) is 6. The first-order chi connectivity index (χ1) is 33.9. The summed E-state index contributed by atoms with van der Waals surface area (Å²) in [5.74, 6) is -0.0592. The van der Waals surface area contributed by atoms with Gasteiger partial charge in [-0.25, -0.2) is 41.8 Å². The lowest BCUT2D eigenvalue weighted by atomic mass is 9.94. The van der Waals surface area contributed by atoms with Gasteiger partial charge >= 0.3 is 6.03 Å². The Morgan fingerprint density at radius 3 is 1.56 bits per heavy atom. The van der Waals surface area contributed by atoms with E-state index in [-0.39, 0.29) is 46.6 Å². The van der Waals surface area contributed by atoms with E-state index >= 15 is 0 Å². The molecular weight excluding hydrogens is 983 g/mol. The first-order valence-electron chi connectivity index (χ1n) is 22.1. The van der Waals surface area contributed by atoms with Gasteiger partial charge in [-0.2, -0.15) is 18.6 Å². The molecule has 6 aromatic rings. The number of rotatable bonds is 14. The van der Waals surface area contributed by atoms with Crippen LogP contribution in [-0.2, 0) is 64.3 Å². The molecule has 2 aliphatic heterocycles. The van der Waals surface area contributed by atoms with Crippen LogP contribution in [0, 0.1) is 11.6 Å². The largest absolute Gasteiger partial charge is 0.481 e. The summed E-state index contributed by atoms with van der Waals surface area (Å²) < 4.78 is 113. The Bertz CT molecular complexity index is 3150. The average Bonchev–Trinajstić information content (AvgIpc) is 3.90. The third-order valence-corrected chi connectivity index (χ3v) is 13.9. The standard InChI is InChI=1S/C24H28FN5O6S.C15H17FN2O.C8H13N3O4S/c1-14(2)17-9-16(25)10-18(15-6-7-26-20(8-15)34-4)22(17)27-23(31)29-37(32,33)21-11-19(30(3)28-21)24(35-5)12-36-13-24;1-9(2)12-7-11(16)8-13(15(12)17)10-4-5-18-14(6-10)19-3;1-11-6(8(14-2)4-15-5-8)3-7(10-11)16(9,12)13/h6-11,14H,12-13H2,1-5H3,(H2,27,29,31);4-9H,17H2,1-3H3;3H,4-5H2,1-2H3,(H2,9,12,13). The van der Waals surface area contributed by atoms with Crippen molar-refractivity contribution in [2.24, 2.45) is 19.2 Å². The number of pyridine rings is 2. The number of anilines is 2. The lowest BCUT2D eigenvalue weighted by Crippen LogP contribution is -2.49. The Morgan fingerprint density at radius 1 is 0.694 bits per heavy atom. The van der Waals surface area contributed by atoms with Crippen LogP contribution >= 0.6 is 0 Å². The molecule has 0 bridgehead atoms.